The van der Waals surface area contributed by atoms with Crippen LogP contribution in [0.3, 0.4) is 0 Å². The second kappa shape index (κ2) is 5.70. The molecule has 1 aromatic rings. The van der Waals surface area contributed by atoms with Gasteiger partial charge in [0.15, 0.2) is 8.24 Å². The van der Waals surface area contributed by atoms with Crippen LogP contribution in [0.2, 0.25) is 19.6 Å². The number of nitrogens with zero attached hydrogens (tertiary/aromatic N) is 2. The molecule has 0 unspecified atom stereocenters. The first-order chi connectivity index (χ1) is 9.41. The van der Waals surface area contributed by atoms with Crippen molar-refractivity contribution in [2.75, 3.05) is 13.1 Å². The SMILES string of the molecule is CCN(CC)[C@H]1C(=O)N([Si](C)(C)C)[C@@H]1c1ccccc1. The molecule has 1 aromatic carbocycles. The number of hydrogen-bond donors (Lipinski definition) is 0. The summed E-state index contributed by atoms with van der Waals surface area (Å²) in [7, 11) is -1.64. The van der Waals surface area contributed by atoms with Crippen LogP contribution in [0, 0.1) is 0 Å². The van der Waals surface area contributed by atoms with E-state index in [1.165, 1.54) is 5.56 Å². The molecule has 3 nitrogen and oxygen atoms in total. The Morgan fingerprint density at radius 3 is 2.10 bits per heavy atom. The standard InChI is InChI=1S/C16H26N2OSi/c1-6-17(7-2)15-14(13-11-9-8-10-12-13)18(16(15)19)20(3,4)5/h8-12,14-15H,6-7H2,1-5H3/t14-,15-/m1/s1. The fourth-order valence-corrected chi connectivity index (χ4v) is 5.09. The summed E-state index contributed by atoms with van der Waals surface area (Å²) in [6, 6.07) is 10.7. The molecule has 110 valence electrons. The van der Waals surface area contributed by atoms with Crippen molar-refractivity contribution < 1.29 is 4.79 Å². The quantitative estimate of drug-likeness (QED) is 0.614. The molecule has 0 saturated carbocycles. The zero-order valence-electron chi connectivity index (χ0n) is 13.3. The number of likely N-dealkylation sites (N-methyl/N-ethyl adjacent to an activating group) is 1. The van der Waals surface area contributed by atoms with E-state index in [4.69, 9.17) is 0 Å². The van der Waals surface area contributed by atoms with E-state index in [1.54, 1.807) is 0 Å². The van der Waals surface area contributed by atoms with Crippen LogP contribution in [-0.2, 0) is 4.79 Å². The summed E-state index contributed by atoms with van der Waals surface area (Å²) in [5, 5.41) is 0. The van der Waals surface area contributed by atoms with Gasteiger partial charge in [-0.25, -0.2) is 0 Å². The zero-order chi connectivity index (χ0) is 14.9. The van der Waals surface area contributed by atoms with Gasteiger partial charge in [-0.2, -0.15) is 0 Å². The number of rotatable bonds is 5. The Balaban J connectivity index is 2.37. The maximum absolute atomic E-state index is 12.7. The van der Waals surface area contributed by atoms with Crippen LogP contribution in [0.25, 0.3) is 0 Å². The largest absolute Gasteiger partial charge is 0.360 e. The van der Waals surface area contributed by atoms with Crippen molar-refractivity contribution in [3.8, 4) is 0 Å². The van der Waals surface area contributed by atoms with Crippen molar-refractivity contribution in [3.63, 3.8) is 0 Å². The predicted octanol–water partition coefficient (Wildman–Crippen LogP) is 3.12. The molecule has 2 atom stereocenters. The normalized spacial score (nSPS) is 23.1. The third-order valence-electron chi connectivity index (χ3n) is 4.14. The molecular formula is C16H26N2OSi. The average molecular weight is 290 g/mol. The van der Waals surface area contributed by atoms with E-state index >= 15 is 0 Å². The lowest BCUT2D eigenvalue weighted by molar-refractivity contribution is -0.151. The second-order valence-electron chi connectivity index (χ2n) is 6.40. The molecule has 0 aromatic heterocycles. The van der Waals surface area contributed by atoms with Gasteiger partial charge in [0.05, 0.1) is 6.04 Å². The van der Waals surface area contributed by atoms with Gasteiger partial charge in [-0.15, -0.1) is 0 Å². The maximum Gasteiger partial charge on any atom is 0.235 e. The Hall–Kier alpha value is -1.13. The minimum atomic E-state index is -1.64. The zero-order valence-corrected chi connectivity index (χ0v) is 14.3. The van der Waals surface area contributed by atoms with Crippen LogP contribution in [0.5, 0.6) is 0 Å². The molecule has 0 radical (unpaired) electrons. The molecule has 1 heterocycles. The van der Waals surface area contributed by atoms with Crippen LogP contribution < -0.4 is 0 Å². The molecule has 1 aliphatic rings. The van der Waals surface area contributed by atoms with Crippen molar-refractivity contribution in [2.24, 2.45) is 0 Å². The predicted molar refractivity (Wildman–Crippen MR) is 86.1 cm³/mol. The summed E-state index contributed by atoms with van der Waals surface area (Å²) in [5.41, 5.74) is 1.27. The molecule has 1 amide bonds. The van der Waals surface area contributed by atoms with Crippen LogP contribution in [0.15, 0.2) is 30.3 Å². The number of amides is 1. The van der Waals surface area contributed by atoms with Gasteiger partial charge in [-0.1, -0.05) is 63.8 Å². The summed E-state index contributed by atoms with van der Waals surface area (Å²) >= 11 is 0. The van der Waals surface area contributed by atoms with Crippen molar-refractivity contribution in [1.29, 1.82) is 0 Å². The van der Waals surface area contributed by atoms with Crippen molar-refractivity contribution >= 4 is 14.1 Å². The summed E-state index contributed by atoms with van der Waals surface area (Å²) in [5.74, 6) is 0.321. The Kier molecular flexibility index (Phi) is 4.35. The molecule has 0 spiro atoms. The first kappa shape index (κ1) is 15.3. The number of carbonyl (C=O) groups excluding carboxylic acids is 1. The van der Waals surface area contributed by atoms with Crippen LogP contribution >= 0.6 is 0 Å². The van der Waals surface area contributed by atoms with E-state index in [-0.39, 0.29) is 12.1 Å². The monoisotopic (exact) mass is 290 g/mol. The molecule has 0 aliphatic carbocycles. The molecule has 20 heavy (non-hydrogen) atoms. The molecular weight excluding hydrogens is 264 g/mol. The summed E-state index contributed by atoms with van der Waals surface area (Å²) in [6.45, 7) is 12.9. The van der Waals surface area contributed by atoms with Gasteiger partial charge in [0.25, 0.3) is 0 Å². The Morgan fingerprint density at radius 1 is 1.10 bits per heavy atom. The third kappa shape index (κ3) is 2.54. The summed E-state index contributed by atoms with van der Waals surface area (Å²) in [4.78, 5) is 15.0. The van der Waals surface area contributed by atoms with E-state index in [0.717, 1.165) is 13.1 Å². The molecule has 1 fully saturated rings. The van der Waals surface area contributed by atoms with Gasteiger partial charge in [0.2, 0.25) is 5.91 Å². The lowest BCUT2D eigenvalue weighted by Gasteiger charge is -2.56. The van der Waals surface area contributed by atoms with Gasteiger partial charge in [0, 0.05) is 0 Å². The Bertz CT molecular complexity index is 465. The van der Waals surface area contributed by atoms with E-state index in [0.29, 0.717) is 5.91 Å². The highest BCUT2D eigenvalue weighted by molar-refractivity contribution is 6.76. The minimum Gasteiger partial charge on any atom is -0.360 e. The number of β-lactam (4-membered cyclic amide) rings is 1. The fourth-order valence-electron chi connectivity index (χ4n) is 3.18. The lowest BCUT2D eigenvalue weighted by atomic mass is 9.90. The smallest absolute Gasteiger partial charge is 0.235 e. The van der Waals surface area contributed by atoms with Crippen molar-refractivity contribution in [3.05, 3.63) is 35.9 Å². The molecule has 0 bridgehead atoms. The number of benzene rings is 1. The molecule has 2 rings (SSSR count). The second-order valence-corrected chi connectivity index (χ2v) is 11.2. The molecule has 1 aliphatic heterocycles. The van der Waals surface area contributed by atoms with Gasteiger partial charge >= 0.3 is 0 Å². The van der Waals surface area contributed by atoms with Crippen molar-refractivity contribution in [2.45, 2.75) is 45.6 Å². The first-order valence-corrected chi connectivity index (χ1v) is 11.0. The highest BCUT2D eigenvalue weighted by atomic mass is 28.3. The summed E-state index contributed by atoms with van der Waals surface area (Å²) < 4.78 is 2.17. The number of hydrogen-bond acceptors (Lipinski definition) is 2. The van der Waals surface area contributed by atoms with Crippen LogP contribution in [0.4, 0.5) is 0 Å². The molecule has 4 heteroatoms. The molecule has 0 N–H and O–H groups in total. The van der Waals surface area contributed by atoms with E-state index in [1.807, 2.05) is 6.07 Å². The van der Waals surface area contributed by atoms with Gasteiger partial charge in [-0.05, 0) is 18.7 Å². The number of carbonyl (C=O) groups is 1. The van der Waals surface area contributed by atoms with Gasteiger partial charge in [-0.3, -0.25) is 9.69 Å². The van der Waals surface area contributed by atoms with Gasteiger partial charge in [0.1, 0.15) is 6.04 Å². The average Bonchev–Trinajstić information content (AvgIpc) is 2.40. The highest BCUT2D eigenvalue weighted by Crippen LogP contribution is 2.41. The Morgan fingerprint density at radius 2 is 1.65 bits per heavy atom. The van der Waals surface area contributed by atoms with E-state index < -0.39 is 8.24 Å². The van der Waals surface area contributed by atoms with Crippen LogP contribution in [-0.4, -0.2) is 42.7 Å². The lowest BCUT2D eigenvalue weighted by Crippen LogP contribution is -2.71. The first-order valence-electron chi connectivity index (χ1n) is 7.54. The Labute approximate surface area is 123 Å². The van der Waals surface area contributed by atoms with Gasteiger partial charge < -0.3 is 4.57 Å². The third-order valence-corrected chi connectivity index (χ3v) is 6.08. The topological polar surface area (TPSA) is 23.6 Å². The minimum absolute atomic E-state index is 0.0270. The van der Waals surface area contributed by atoms with E-state index in [9.17, 15) is 4.79 Å². The molecule has 1 saturated heterocycles. The fraction of sp³-hybridized carbons (Fsp3) is 0.562. The maximum atomic E-state index is 12.7. The summed E-state index contributed by atoms with van der Waals surface area (Å²) in [6.07, 6.45) is 0. The van der Waals surface area contributed by atoms with E-state index in [2.05, 4.69) is 67.2 Å². The highest BCUT2D eigenvalue weighted by Gasteiger charge is 2.54. The van der Waals surface area contributed by atoms with Crippen molar-refractivity contribution in [1.82, 2.24) is 9.47 Å². The van der Waals surface area contributed by atoms with Crippen LogP contribution in [0.1, 0.15) is 25.5 Å².